The van der Waals surface area contributed by atoms with Crippen molar-refractivity contribution in [2.24, 2.45) is 5.41 Å². The molecule has 0 N–H and O–H groups in total. The number of carbonyl (C=O) groups excluding carboxylic acids is 1. The van der Waals surface area contributed by atoms with Gasteiger partial charge in [0.2, 0.25) is 5.88 Å². The van der Waals surface area contributed by atoms with E-state index in [9.17, 15) is 13.6 Å². The molecule has 1 saturated carbocycles. The molecule has 2 aliphatic rings. The summed E-state index contributed by atoms with van der Waals surface area (Å²) in [5, 5.41) is 0. The van der Waals surface area contributed by atoms with E-state index in [-0.39, 0.29) is 29.1 Å². The lowest BCUT2D eigenvalue weighted by Crippen LogP contribution is -2.60. The monoisotopic (exact) mass is 396 g/mol. The number of hydrogen-bond donors (Lipinski definition) is 0. The number of likely N-dealkylation sites (tertiary alicyclic amines) is 1. The second kappa shape index (κ2) is 7.84. The summed E-state index contributed by atoms with van der Waals surface area (Å²) in [6, 6.07) is 3.05. The molecule has 5 nitrogen and oxygen atoms in total. The largest absolute Gasteiger partial charge is 0.474 e. The van der Waals surface area contributed by atoms with Crippen molar-refractivity contribution in [1.29, 1.82) is 0 Å². The Kier molecular flexibility index (Phi) is 5.82. The third kappa shape index (κ3) is 4.73. The number of halogens is 2. The Bertz CT molecular complexity index is 702. The van der Waals surface area contributed by atoms with E-state index in [4.69, 9.17) is 9.47 Å². The van der Waals surface area contributed by atoms with Gasteiger partial charge in [-0.2, -0.15) is 0 Å². The van der Waals surface area contributed by atoms with Gasteiger partial charge in [0.05, 0.1) is 5.56 Å². The number of aryl methyl sites for hydroxylation is 1. The molecule has 0 radical (unpaired) electrons. The molecule has 0 atom stereocenters. The lowest BCUT2D eigenvalue weighted by atomic mass is 9.68. The van der Waals surface area contributed by atoms with Crippen molar-refractivity contribution < 1.29 is 23.0 Å². The third-order valence-electron chi connectivity index (χ3n) is 5.52. The van der Waals surface area contributed by atoms with E-state index in [0.717, 1.165) is 31.4 Å². The maximum atomic E-state index is 13.3. The van der Waals surface area contributed by atoms with Gasteiger partial charge in [-0.05, 0) is 65.0 Å². The molecule has 1 aromatic heterocycles. The summed E-state index contributed by atoms with van der Waals surface area (Å²) in [4.78, 5) is 18.2. The minimum absolute atomic E-state index is 0.0688. The van der Waals surface area contributed by atoms with Crippen molar-refractivity contribution in [3.63, 3.8) is 0 Å². The number of rotatable bonds is 4. The Hall–Kier alpha value is -1.92. The van der Waals surface area contributed by atoms with Crippen LogP contribution in [0.5, 0.6) is 5.88 Å². The van der Waals surface area contributed by atoms with Crippen LogP contribution in [0.25, 0.3) is 0 Å². The Morgan fingerprint density at radius 3 is 2.46 bits per heavy atom. The Labute approximate surface area is 165 Å². The minimum atomic E-state index is -2.60. The first-order chi connectivity index (χ1) is 13.1. The smallest absolute Gasteiger partial charge is 0.410 e. The average molecular weight is 396 g/mol. The van der Waals surface area contributed by atoms with E-state index in [1.54, 1.807) is 11.0 Å². The number of pyridine rings is 1. The first-order valence-corrected chi connectivity index (χ1v) is 10.0. The first kappa shape index (κ1) is 20.8. The molecule has 1 saturated heterocycles. The molecule has 3 rings (SSSR count). The highest BCUT2D eigenvalue weighted by Crippen LogP contribution is 2.45. The van der Waals surface area contributed by atoms with Gasteiger partial charge in [-0.15, -0.1) is 0 Å². The molecule has 28 heavy (non-hydrogen) atoms. The molecular formula is C21H30F2N2O3. The molecule has 1 aliphatic heterocycles. The number of ether oxygens (including phenoxy) is 2. The van der Waals surface area contributed by atoms with Crippen LogP contribution in [0, 0.1) is 5.41 Å². The summed E-state index contributed by atoms with van der Waals surface area (Å²) in [6.07, 6.45) is 1.08. The number of alkyl halides is 2. The highest BCUT2D eigenvalue weighted by Gasteiger charge is 2.48. The highest BCUT2D eigenvalue weighted by molar-refractivity contribution is 5.69. The number of carbonyl (C=O) groups is 1. The SMILES string of the molecule is CCc1ccc(C(F)F)c(OC2CCC3(CC2)CN(C(=O)OC(C)(C)C)C3)n1. The molecule has 1 aliphatic carbocycles. The Balaban J connectivity index is 1.54. The molecular weight excluding hydrogens is 366 g/mol. The van der Waals surface area contributed by atoms with E-state index in [1.807, 2.05) is 27.7 Å². The van der Waals surface area contributed by atoms with Crippen LogP contribution in [-0.4, -0.2) is 40.8 Å². The van der Waals surface area contributed by atoms with Crippen LogP contribution in [0.3, 0.4) is 0 Å². The predicted molar refractivity (Wildman–Crippen MR) is 102 cm³/mol. The fourth-order valence-corrected chi connectivity index (χ4v) is 3.96. The van der Waals surface area contributed by atoms with Gasteiger partial charge >= 0.3 is 6.09 Å². The minimum Gasteiger partial charge on any atom is -0.474 e. The van der Waals surface area contributed by atoms with E-state index >= 15 is 0 Å². The lowest BCUT2D eigenvalue weighted by Gasteiger charge is -2.53. The highest BCUT2D eigenvalue weighted by atomic mass is 19.3. The van der Waals surface area contributed by atoms with Gasteiger partial charge < -0.3 is 14.4 Å². The molecule has 0 bridgehead atoms. The number of amides is 1. The molecule has 7 heteroatoms. The van der Waals surface area contributed by atoms with E-state index in [0.29, 0.717) is 19.5 Å². The quantitative estimate of drug-likeness (QED) is 0.707. The zero-order valence-electron chi connectivity index (χ0n) is 17.1. The molecule has 156 valence electrons. The number of aromatic nitrogens is 1. The summed E-state index contributed by atoms with van der Waals surface area (Å²) < 4.78 is 37.9. The Morgan fingerprint density at radius 1 is 1.29 bits per heavy atom. The Morgan fingerprint density at radius 2 is 1.93 bits per heavy atom. The van der Waals surface area contributed by atoms with Gasteiger partial charge in [0.1, 0.15) is 11.7 Å². The summed E-state index contributed by atoms with van der Waals surface area (Å²) in [5.41, 5.74) is 0.227. The van der Waals surface area contributed by atoms with Crippen molar-refractivity contribution in [1.82, 2.24) is 9.88 Å². The topological polar surface area (TPSA) is 51.7 Å². The summed E-state index contributed by atoms with van der Waals surface area (Å²) in [6.45, 7) is 8.90. The second-order valence-corrected chi connectivity index (χ2v) is 9.00. The molecule has 0 aromatic carbocycles. The zero-order chi connectivity index (χ0) is 20.5. The van der Waals surface area contributed by atoms with Gasteiger partial charge in [0.15, 0.2) is 0 Å². The van der Waals surface area contributed by atoms with Gasteiger partial charge in [-0.25, -0.2) is 18.6 Å². The van der Waals surface area contributed by atoms with E-state index in [1.165, 1.54) is 6.07 Å². The first-order valence-electron chi connectivity index (χ1n) is 10.0. The fourth-order valence-electron chi connectivity index (χ4n) is 3.96. The van der Waals surface area contributed by atoms with Crippen molar-refractivity contribution in [3.8, 4) is 5.88 Å². The van der Waals surface area contributed by atoms with Crippen molar-refractivity contribution in [2.45, 2.75) is 77.9 Å². The normalized spacial score (nSPS) is 19.6. The molecule has 1 spiro atoms. The van der Waals surface area contributed by atoms with Crippen molar-refractivity contribution >= 4 is 6.09 Å². The van der Waals surface area contributed by atoms with Crippen LogP contribution in [0.2, 0.25) is 0 Å². The van der Waals surface area contributed by atoms with Crippen LogP contribution < -0.4 is 4.74 Å². The van der Waals surface area contributed by atoms with Crippen LogP contribution in [0.4, 0.5) is 13.6 Å². The summed E-state index contributed by atoms with van der Waals surface area (Å²) >= 11 is 0. The van der Waals surface area contributed by atoms with Gasteiger partial charge in [-0.1, -0.05) is 6.92 Å². The van der Waals surface area contributed by atoms with E-state index in [2.05, 4.69) is 4.98 Å². The standard InChI is InChI=1S/C21H30F2N2O3/c1-5-14-6-7-16(17(22)23)18(24-14)27-15-8-10-21(11-9-15)12-25(13-21)19(26)28-20(2,3)4/h6-7,15,17H,5,8-13H2,1-4H3. The second-order valence-electron chi connectivity index (χ2n) is 9.00. The number of nitrogens with zero attached hydrogens (tertiary/aromatic N) is 2. The van der Waals surface area contributed by atoms with Gasteiger partial charge in [0, 0.05) is 24.2 Å². The molecule has 1 aromatic rings. The lowest BCUT2D eigenvalue weighted by molar-refractivity contribution is -0.0613. The summed E-state index contributed by atoms with van der Waals surface area (Å²) in [7, 11) is 0. The fraction of sp³-hybridized carbons (Fsp3) is 0.714. The van der Waals surface area contributed by atoms with Crippen LogP contribution in [0.15, 0.2) is 12.1 Å². The van der Waals surface area contributed by atoms with Crippen LogP contribution >= 0.6 is 0 Å². The third-order valence-corrected chi connectivity index (χ3v) is 5.52. The maximum absolute atomic E-state index is 13.3. The van der Waals surface area contributed by atoms with E-state index < -0.39 is 12.0 Å². The maximum Gasteiger partial charge on any atom is 0.410 e. The van der Waals surface area contributed by atoms with Crippen molar-refractivity contribution in [3.05, 3.63) is 23.4 Å². The summed E-state index contributed by atoms with van der Waals surface area (Å²) in [5.74, 6) is 0.0688. The van der Waals surface area contributed by atoms with Crippen LogP contribution in [-0.2, 0) is 11.2 Å². The molecule has 1 amide bonds. The molecule has 0 unspecified atom stereocenters. The molecule has 2 fully saturated rings. The predicted octanol–water partition coefficient (Wildman–Crippen LogP) is 5.14. The average Bonchev–Trinajstić information content (AvgIpc) is 2.58. The molecule has 2 heterocycles. The zero-order valence-corrected chi connectivity index (χ0v) is 17.1. The van der Waals surface area contributed by atoms with Gasteiger partial charge in [-0.3, -0.25) is 0 Å². The van der Waals surface area contributed by atoms with Crippen molar-refractivity contribution in [2.75, 3.05) is 13.1 Å². The van der Waals surface area contributed by atoms with Gasteiger partial charge in [0.25, 0.3) is 6.43 Å². The number of hydrogen-bond acceptors (Lipinski definition) is 4. The van der Waals surface area contributed by atoms with Crippen LogP contribution in [0.1, 0.15) is 71.1 Å².